The van der Waals surface area contributed by atoms with E-state index in [9.17, 15) is 4.79 Å². The Balaban J connectivity index is 1.14. The molecule has 0 amide bonds. The van der Waals surface area contributed by atoms with Gasteiger partial charge in [-0.05, 0) is 200 Å². The van der Waals surface area contributed by atoms with E-state index in [1.807, 2.05) is 24.3 Å². The first-order chi connectivity index (χ1) is 37.0. The lowest BCUT2D eigenvalue weighted by atomic mass is 9.92. The maximum atomic E-state index is 13.8. The number of hydrogen-bond acceptors (Lipinski definition) is 8. The number of H-pyrrole nitrogens is 2. The van der Waals surface area contributed by atoms with Gasteiger partial charge in [0.15, 0.2) is 0 Å². The number of aromatic amines is 2. The number of carbonyl (C=O) groups is 1. The van der Waals surface area contributed by atoms with Gasteiger partial charge >= 0.3 is 5.97 Å². The zero-order valence-electron chi connectivity index (χ0n) is 47.5. The van der Waals surface area contributed by atoms with E-state index in [4.69, 9.17) is 14.7 Å². The Kier molecular flexibility index (Phi) is 15.5. The standard InChI is InChI=1S/C67H76N8O2/c1-41-35-44(4)60(45(5)36-41)64-54-19-17-52(68-54)63(50-13-15-51(16-14-50)67(76)77-34-33-75-31-29-73(11)27-25-72(10)26-28-74(12)30-32-75)53-18-20-55(69-53)65(61-46(6)37-42(2)38-47(61)7)57-22-24-59(71-57)66(58-23-21-56(64)70-58)62-48(8)39-43(3)40-49(62)9/h13-24,35-40,68,71H,25-34H2,1-12H3. The number of ether oxygens (including phenoxy) is 1. The van der Waals surface area contributed by atoms with E-state index in [0.29, 0.717) is 18.7 Å². The van der Waals surface area contributed by atoms with Crippen LogP contribution in [0.25, 0.3) is 90.9 Å². The van der Waals surface area contributed by atoms with Crippen molar-refractivity contribution in [2.45, 2.75) is 62.3 Å². The predicted octanol–water partition coefficient (Wildman–Crippen LogP) is 13.4. The molecule has 10 heteroatoms. The van der Waals surface area contributed by atoms with Crippen molar-refractivity contribution in [3.8, 4) is 44.5 Å². The number of esters is 1. The second-order valence-corrected chi connectivity index (χ2v) is 22.3. The van der Waals surface area contributed by atoms with E-state index in [1.54, 1.807) is 0 Å². The fourth-order valence-corrected chi connectivity index (χ4v) is 12.1. The third-order valence-corrected chi connectivity index (χ3v) is 15.9. The summed E-state index contributed by atoms with van der Waals surface area (Å²) < 4.78 is 6.01. The minimum Gasteiger partial charge on any atom is -0.461 e. The molecular formula is C67H76N8O2. The van der Waals surface area contributed by atoms with Gasteiger partial charge in [0.05, 0.1) is 28.3 Å². The van der Waals surface area contributed by atoms with Crippen LogP contribution in [0.3, 0.4) is 0 Å². The van der Waals surface area contributed by atoms with Crippen LogP contribution in [0.5, 0.6) is 0 Å². The van der Waals surface area contributed by atoms with Crippen molar-refractivity contribution in [3.05, 3.63) is 163 Å². The van der Waals surface area contributed by atoms with Crippen molar-refractivity contribution >= 4 is 52.3 Å². The summed E-state index contributed by atoms with van der Waals surface area (Å²) in [6.07, 6.45) is 8.67. The molecule has 396 valence electrons. The highest BCUT2D eigenvalue weighted by molar-refractivity contribution is 6.02. The number of fused-ring (bicyclic) bond motifs is 8. The monoisotopic (exact) mass is 1020 g/mol. The lowest BCUT2D eigenvalue weighted by molar-refractivity contribution is 0.0450. The fraction of sp³-hybridized carbons (Fsp3) is 0.328. The summed E-state index contributed by atoms with van der Waals surface area (Å²) in [5, 5.41) is 0. The normalized spacial score (nSPS) is 15.2. The molecule has 0 saturated carbocycles. The zero-order valence-corrected chi connectivity index (χ0v) is 47.5. The summed E-state index contributed by atoms with van der Waals surface area (Å²) in [6.45, 7) is 28.7. The highest BCUT2D eigenvalue weighted by Crippen LogP contribution is 2.42. The number of carbonyl (C=O) groups excluding carboxylic acids is 1. The number of nitrogens with zero attached hydrogens (tertiary/aromatic N) is 6. The minimum atomic E-state index is -0.326. The highest BCUT2D eigenvalue weighted by atomic mass is 16.5. The minimum absolute atomic E-state index is 0.323. The summed E-state index contributed by atoms with van der Waals surface area (Å²) in [7, 11) is 6.59. The molecule has 10 nitrogen and oxygen atoms in total. The first-order valence-electron chi connectivity index (χ1n) is 27.5. The van der Waals surface area contributed by atoms with Gasteiger partial charge in [0.2, 0.25) is 0 Å². The predicted molar refractivity (Wildman–Crippen MR) is 322 cm³/mol. The Morgan fingerprint density at radius 3 is 1.09 bits per heavy atom. The van der Waals surface area contributed by atoms with Gasteiger partial charge in [-0.15, -0.1) is 0 Å². The van der Waals surface area contributed by atoms with Crippen molar-refractivity contribution in [1.29, 1.82) is 0 Å². The summed E-state index contributed by atoms with van der Waals surface area (Å²) in [6, 6.07) is 30.2. The molecule has 7 aromatic rings. The number of aromatic nitrogens is 4. The Bertz CT molecular complexity index is 3510. The number of nitrogens with one attached hydrogen (secondary N) is 2. The van der Waals surface area contributed by atoms with Crippen LogP contribution < -0.4 is 0 Å². The van der Waals surface area contributed by atoms with Crippen LogP contribution >= 0.6 is 0 Å². The number of likely N-dealkylation sites (N-methyl/N-ethyl adjacent to an activating group) is 3. The average molecular weight is 1030 g/mol. The fourth-order valence-electron chi connectivity index (χ4n) is 12.1. The number of aryl methyl sites for hydroxylation is 9. The Labute approximate surface area is 456 Å². The van der Waals surface area contributed by atoms with Crippen LogP contribution in [-0.2, 0) is 4.74 Å². The molecule has 4 aromatic carbocycles. The van der Waals surface area contributed by atoms with Crippen LogP contribution in [0.4, 0.5) is 0 Å². The molecule has 1 fully saturated rings. The average Bonchev–Trinajstić information content (AvgIpc) is 4.24. The number of hydrogen-bond donors (Lipinski definition) is 2. The van der Waals surface area contributed by atoms with Gasteiger partial charge in [0.1, 0.15) is 6.61 Å². The quantitative estimate of drug-likeness (QED) is 0.145. The third-order valence-electron chi connectivity index (χ3n) is 15.9. The SMILES string of the molecule is Cc1cc(C)c(-c2c3nc(c(-c4c(C)cc(C)cc4C)c4ccc([nH]4)c(-c4c(C)cc(C)cc4C)c4nc(c(-c5ccc(C(=O)OCCN6CCN(C)CCN(C)CCN(C)CC6)cc5)c5ccc2[nH]5)C=C4)C=C3)c(C)c1. The lowest BCUT2D eigenvalue weighted by Crippen LogP contribution is -2.44. The molecule has 2 N–H and O–H groups in total. The van der Waals surface area contributed by atoms with Gasteiger partial charge in [-0.25, -0.2) is 14.8 Å². The van der Waals surface area contributed by atoms with E-state index >= 15 is 0 Å². The molecule has 1 saturated heterocycles. The van der Waals surface area contributed by atoms with Crippen molar-refractivity contribution in [3.63, 3.8) is 0 Å². The van der Waals surface area contributed by atoms with Crippen molar-refractivity contribution in [1.82, 2.24) is 39.5 Å². The van der Waals surface area contributed by atoms with Gasteiger partial charge in [0, 0.05) is 103 Å². The number of benzene rings is 4. The van der Waals surface area contributed by atoms with Crippen LogP contribution in [-0.4, -0.2) is 132 Å². The van der Waals surface area contributed by atoms with Crippen molar-refractivity contribution in [2.75, 3.05) is 86.7 Å². The molecule has 0 radical (unpaired) electrons. The maximum absolute atomic E-state index is 13.8. The van der Waals surface area contributed by atoms with E-state index in [1.165, 1.54) is 55.6 Å². The molecule has 6 heterocycles. The molecular weight excluding hydrogens is 949 g/mol. The molecule has 0 atom stereocenters. The molecule has 3 aliphatic rings. The third kappa shape index (κ3) is 11.3. The zero-order chi connectivity index (χ0) is 54.2. The second-order valence-electron chi connectivity index (χ2n) is 22.3. The molecule has 0 unspecified atom stereocenters. The highest BCUT2D eigenvalue weighted by Gasteiger charge is 2.23. The smallest absolute Gasteiger partial charge is 0.338 e. The van der Waals surface area contributed by atoms with Gasteiger partial charge in [-0.3, -0.25) is 4.90 Å². The van der Waals surface area contributed by atoms with Crippen molar-refractivity contribution in [2.24, 2.45) is 0 Å². The van der Waals surface area contributed by atoms with Crippen LogP contribution in [0.1, 0.15) is 83.2 Å². The van der Waals surface area contributed by atoms with Gasteiger partial charge in [-0.2, -0.15) is 0 Å². The second kappa shape index (κ2) is 22.4. The maximum Gasteiger partial charge on any atom is 0.338 e. The molecule has 77 heavy (non-hydrogen) atoms. The first kappa shape index (κ1) is 53.2. The summed E-state index contributed by atoms with van der Waals surface area (Å²) in [5.74, 6) is -0.326. The van der Waals surface area contributed by atoms with E-state index in [0.717, 1.165) is 136 Å². The molecule has 3 aromatic heterocycles. The Morgan fingerprint density at radius 1 is 0.429 bits per heavy atom. The molecule has 8 bridgehead atoms. The van der Waals surface area contributed by atoms with E-state index in [-0.39, 0.29) is 5.97 Å². The number of rotatable bonds is 8. The van der Waals surface area contributed by atoms with Gasteiger partial charge < -0.3 is 29.4 Å². The largest absolute Gasteiger partial charge is 0.461 e. The van der Waals surface area contributed by atoms with Crippen LogP contribution in [0.15, 0.2) is 84.9 Å². The molecule has 10 rings (SSSR count). The van der Waals surface area contributed by atoms with Crippen molar-refractivity contribution < 1.29 is 9.53 Å². The first-order valence-corrected chi connectivity index (χ1v) is 27.5. The summed E-state index contributed by atoms with van der Waals surface area (Å²) >= 11 is 0. The van der Waals surface area contributed by atoms with E-state index in [2.05, 4.69) is 198 Å². The summed E-state index contributed by atoms with van der Waals surface area (Å²) in [4.78, 5) is 42.6. The van der Waals surface area contributed by atoms with Gasteiger partial charge in [-0.1, -0.05) is 65.2 Å². The Morgan fingerprint density at radius 2 is 0.740 bits per heavy atom. The van der Waals surface area contributed by atoms with Crippen LogP contribution in [0, 0.1) is 62.3 Å². The topological polar surface area (TPSA) is 96.6 Å². The Hall–Kier alpha value is -7.21. The molecule has 0 spiro atoms. The molecule has 0 aliphatic carbocycles. The summed E-state index contributed by atoms with van der Waals surface area (Å²) in [5.41, 5.74) is 27.0. The van der Waals surface area contributed by atoms with Gasteiger partial charge in [0.25, 0.3) is 0 Å². The van der Waals surface area contributed by atoms with E-state index < -0.39 is 0 Å². The molecule has 3 aliphatic heterocycles. The van der Waals surface area contributed by atoms with Crippen LogP contribution in [0.2, 0.25) is 0 Å². The lowest BCUT2D eigenvalue weighted by Gasteiger charge is -2.30.